The Kier molecular flexibility index (Phi) is 1.48. The zero-order valence-corrected chi connectivity index (χ0v) is 5.44. The van der Waals surface area contributed by atoms with Gasteiger partial charge in [-0.1, -0.05) is 0 Å². The van der Waals surface area contributed by atoms with Crippen LogP contribution >= 0.6 is 0 Å². The van der Waals surface area contributed by atoms with Gasteiger partial charge in [-0.15, -0.1) is 0 Å². The van der Waals surface area contributed by atoms with Gasteiger partial charge in [0.25, 0.3) is 0 Å². The second-order valence-corrected chi connectivity index (χ2v) is 4.31. The number of aliphatic hydroxyl groups is 1. The Morgan fingerprint density at radius 1 is 1.44 bits per heavy atom. The maximum absolute atomic E-state index is 12.2. The first-order valence-corrected chi connectivity index (χ1v) is 4.36. The molecule has 0 saturated carbocycles. The summed E-state index contributed by atoms with van der Waals surface area (Å²) in [5.41, 5.74) is 0. The van der Waals surface area contributed by atoms with E-state index in [1.165, 1.54) is 0 Å². The van der Waals surface area contributed by atoms with Gasteiger partial charge in [0, 0.05) is 0 Å². The topological polar surface area (TPSA) is 54.4 Å². The molecular weight excluding hydrogens is 147 g/mol. The van der Waals surface area contributed by atoms with E-state index < -0.39 is 33.6 Å². The first kappa shape index (κ1) is 6.95. The van der Waals surface area contributed by atoms with Crippen LogP contribution in [0.15, 0.2) is 0 Å². The summed E-state index contributed by atoms with van der Waals surface area (Å²) in [6, 6.07) is 0. The van der Waals surface area contributed by atoms with E-state index in [0.717, 1.165) is 0 Å². The van der Waals surface area contributed by atoms with Crippen molar-refractivity contribution >= 4 is 9.84 Å². The van der Waals surface area contributed by atoms with Crippen LogP contribution in [-0.2, 0) is 9.84 Å². The van der Waals surface area contributed by atoms with Crippen LogP contribution in [0.25, 0.3) is 0 Å². The van der Waals surface area contributed by atoms with E-state index in [4.69, 9.17) is 5.11 Å². The third kappa shape index (κ3) is 1.40. The van der Waals surface area contributed by atoms with Gasteiger partial charge in [-0.3, -0.25) is 0 Å². The van der Waals surface area contributed by atoms with Crippen LogP contribution in [0.3, 0.4) is 0 Å². The lowest BCUT2D eigenvalue weighted by molar-refractivity contribution is 0.118. The van der Waals surface area contributed by atoms with Crippen molar-refractivity contribution in [1.82, 2.24) is 0 Å². The van der Waals surface area contributed by atoms with Crippen LogP contribution in [0.2, 0.25) is 0 Å². The zero-order chi connectivity index (χ0) is 7.07. The number of alkyl halides is 1. The number of hydrogen-bond donors (Lipinski definition) is 1. The molecule has 0 aromatic rings. The van der Waals surface area contributed by atoms with Crippen molar-refractivity contribution in [3.05, 3.63) is 0 Å². The Labute approximate surface area is 52.4 Å². The van der Waals surface area contributed by atoms with E-state index in [1.807, 2.05) is 0 Å². The van der Waals surface area contributed by atoms with Crippen molar-refractivity contribution in [1.29, 1.82) is 0 Å². The van der Waals surface area contributed by atoms with Gasteiger partial charge in [0.1, 0.15) is 12.3 Å². The summed E-state index contributed by atoms with van der Waals surface area (Å²) in [7, 11) is -3.27. The van der Waals surface area contributed by atoms with Gasteiger partial charge >= 0.3 is 0 Å². The molecule has 2 atom stereocenters. The molecule has 1 N–H and O–H groups in total. The fourth-order valence-electron chi connectivity index (χ4n) is 0.786. The molecule has 0 amide bonds. The molecule has 1 saturated heterocycles. The highest BCUT2D eigenvalue weighted by atomic mass is 32.2. The first-order valence-electron chi connectivity index (χ1n) is 2.54. The molecule has 1 heterocycles. The molecule has 1 fully saturated rings. The fourth-order valence-corrected chi connectivity index (χ4v) is 2.36. The number of rotatable bonds is 0. The summed E-state index contributed by atoms with van der Waals surface area (Å²) >= 11 is 0. The normalized spacial score (nSPS) is 41.1. The lowest BCUT2D eigenvalue weighted by Crippen LogP contribution is -2.17. The molecule has 1 aliphatic rings. The van der Waals surface area contributed by atoms with Crippen LogP contribution in [-0.4, -0.2) is 37.3 Å². The van der Waals surface area contributed by atoms with E-state index in [1.54, 1.807) is 0 Å². The molecule has 0 spiro atoms. The number of sulfone groups is 1. The second-order valence-electron chi connectivity index (χ2n) is 2.16. The highest BCUT2D eigenvalue weighted by Gasteiger charge is 2.36. The molecule has 0 radical (unpaired) electrons. The van der Waals surface area contributed by atoms with Crippen molar-refractivity contribution in [2.45, 2.75) is 12.3 Å². The van der Waals surface area contributed by atoms with Crippen molar-refractivity contribution in [2.24, 2.45) is 0 Å². The Balaban J connectivity index is 2.77. The van der Waals surface area contributed by atoms with Crippen LogP contribution in [0.5, 0.6) is 0 Å². The van der Waals surface area contributed by atoms with Gasteiger partial charge in [0.05, 0.1) is 11.5 Å². The molecule has 1 aliphatic heterocycles. The monoisotopic (exact) mass is 154 g/mol. The lowest BCUT2D eigenvalue weighted by Gasteiger charge is -1.97. The Morgan fingerprint density at radius 2 is 2.00 bits per heavy atom. The molecule has 1 rings (SSSR count). The van der Waals surface area contributed by atoms with Crippen molar-refractivity contribution < 1.29 is 17.9 Å². The smallest absolute Gasteiger partial charge is 0.155 e. The first-order chi connectivity index (χ1) is 4.01. The summed E-state index contributed by atoms with van der Waals surface area (Å²) in [6.45, 7) is 0. The van der Waals surface area contributed by atoms with E-state index in [-0.39, 0.29) is 0 Å². The molecule has 0 aromatic carbocycles. The summed E-state index contributed by atoms with van der Waals surface area (Å²) in [5, 5.41) is 8.58. The largest absolute Gasteiger partial charge is 0.389 e. The molecule has 5 heteroatoms. The summed E-state index contributed by atoms with van der Waals surface area (Å²) < 4.78 is 33.1. The van der Waals surface area contributed by atoms with Gasteiger partial charge in [-0.25, -0.2) is 12.8 Å². The maximum Gasteiger partial charge on any atom is 0.155 e. The predicted octanol–water partition coefficient (Wildman–Crippen LogP) is -0.886. The van der Waals surface area contributed by atoms with Crippen LogP contribution < -0.4 is 0 Å². The third-order valence-electron chi connectivity index (χ3n) is 1.26. The van der Waals surface area contributed by atoms with E-state index in [9.17, 15) is 12.8 Å². The molecule has 0 bridgehead atoms. The average Bonchev–Trinajstić information content (AvgIpc) is 1.79. The van der Waals surface area contributed by atoms with Gasteiger partial charge in [0.2, 0.25) is 0 Å². The molecular formula is C4H7FO3S. The van der Waals surface area contributed by atoms with E-state index in [0.29, 0.717) is 0 Å². The highest BCUT2D eigenvalue weighted by molar-refractivity contribution is 7.91. The Bertz CT molecular complexity index is 182. The van der Waals surface area contributed by atoms with Crippen LogP contribution in [0, 0.1) is 0 Å². The standard InChI is InChI=1S/C4H7FO3S/c5-3-1-9(7,8)2-4(3)6/h3-4,6H,1-2H2. The quantitative estimate of drug-likeness (QED) is 0.492. The number of aliphatic hydroxyl groups excluding tert-OH is 1. The summed E-state index contributed by atoms with van der Waals surface area (Å²) in [4.78, 5) is 0. The molecule has 2 unspecified atom stereocenters. The Hall–Kier alpha value is -0.160. The van der Waals surface area contributed by atoms with Crippen molar-refractivity contribution in [3.8, 4) is 0 Å². The Morgan fingerprint density at radius 3 is 2.11 bits per heavy atom. The van der Waals surface area contributed by atoms with E-state index in [2.05, 4.69) is 0 Å². The zero-order valence-electron chi connectivity index (χ0n) is 4.62. The fraction of sp³-hybridized carbons (Fsp3) is 1.00. The van der Waals surface area contributed by atoms with Gasteiger partial charge < -0.3 is 5.11 Å². The van der Waals surface area contributed by atoms with Gasteiger partial charge in [0.15, 0.2) is 9.84 Å². The maximum atomic E-state index is 12.2. The number of hydrogen-bond acceptors (Lipinski definition) is 3. The number of halogens is 1. The molecule has 0 aliphatic carbocycles. The van der Waals surface area contributed by atoms with Crippen LogP contribution in [0.1, 0.15) is 0 Å². The second kappa shape index (κ2) is 1.91. The molecule has 3 nitrogen and oxygen atoms in total. The minimum atomic E-state index is -3.27. The highest BCUT2D eigenvalue weighted by Crippen LogP contribution is 2.14. The van der Waals surface area contributed by atoms with Crippen molar-refractivity contribution in [3.63, 3.8) is 0 Å². The molecule has 0 aromatic heterocycles. The third-order valence-corrected chi connectivity index (χ3v) is 2.93. The summed E-state index contributed by atoms with van der Waals surface area (Å²) in [5.74, 6) is -0.942. The van der Waals surface area contributed by atoms with Gasteiger partial charge in [-0.2, -0.15) is 0 Å². The minimum Gasteiger partial charge on any atom is -0.389 e. The SMILES string of the molecule is O=S1(=O)CC(O)C(F)C1. The predicted molar refractivity (Wildman–Crippen MR) is 29.6 cm³/mol. The summed E-state index contributed by atoms with van der Waals surface area (Å²) in [6.07, 6.45) is -2.87. The average molecular weight is 154 g/mol. The molecule has 9 heavy (non-hydrogen) atoms. The van der Waals surface area contributed by atoms with Crippen LogP contribution in [0.4, 0.5) is 4.39 Å². The molecule has 54 valence electrons. The minimum absolute atomic E-state index is 0.422. The van der Waals surface area contributed by atoms with E-state index >= 15 is 0 Å². The lowest BCUT2D eigenvalue weighted by atomic mass is 10.3. The van der Waals surface area contributed by atoms with Gasteiger partial charge in [-0.05, 0) is 0 Å². The van der Waals surface area contributed by atoms with Crippen molar-refractivity contribution in [2.75, 3.05) is 11.5 Å².